The first-order valence-electron chi connectivity index (χ1n) is 7.40. The van der Waals surface area contributed by atoms with Gasteiger partial charge in [0.2, 0.25) is 0 Å². The fraction of sp³-hybridized carbons (Fsp3) is 0.800. The van der Waals surface area contributed by atoms with E-state index in [0.29, 0.717) is 0 Å². The van der Waals surface area contributed by atoms with Gasteiger partial charge < -0.3 is 5.73 Å². The van der Waals surface area contributed by atoms with Crippen LogP contribution in [0.3, 0.4) is 0 Å². The van der Waals surface area contributed by atoms with Crippen LogP contribution in [0, 0.1) is 5.92 Å². The van der Waals surface area contributed by atoms with Crippen molar-refractivity contribution in [2.75, 3.05) is 0 Å². The molecule has 1 aliphatic rings. The molecule has 1 atom stereocenters. The third-order valence-corrected chi connectivity index (χ3v) is 5.77. The first kappa shape index (κ1) is 14.0. The Morgan fingerprint density at radius 3 is 2.67 bits per heavy atom. The van der Waals surface area contributed by atoms with Crippen LogP contribution in [0.1, 0.15) is 68.5 Å². The number of thiazole rings is 1. The Morgan fingerprint density at radius 2 is 2.06 bits per heavy atom. The maximum Gasteiger partial charge on any atom is 0.113 e. The standard InChI is InChI=1S/C15H26N2S/c1-4-7-11-8-9-12-13(10-11)18-14(17-12)15(16,5-2)6-3/h11H,4-10,16H2,1-3H3. The van der Waals surface area contributed by atoms with Gasteiger partial charge in [0.25, 0.3) is 0 Å². The van der Waals surface area contributed by atoms with E-state index in [1.807, 2.05) is 11.3 Å². The first-order valence-corrected chi connectivity index (χ1v) is 8.22. The number of hydrogen-bond donors (Lipinski definition) is 1. The lowest BCUT2D eigenvalue weighted by Gasteiger charge is -2.23. The Labute approximate surface area is 115 Å². The van der Waals surface area contributed by atoms with E-state index in [0.717, 1.165) is 18.8 Å². The van der Waals surface area contributed by atoms with E-state index in [4.69, 9.17) is 10.7 Å². The van der Waals surface area contributed by atoms with Gasteiger partial charge in [-0.05, 0) is 38.0 Å². The van der Waals surface area contributed by atoms with Gasteiger partial charge in [-0.3, -0.25) is 0 Å². The largest absolute Gasteiger partial charge is 0.319 e. The van der Waals surface area contributed by atoms with Gasteiger partial charge in [0.1, 0.15) is 5.01 Å². The highest BCUT2D eigenvalue weighted by atomic mass is 32.1. The van der Waals surface area contributed by atoms with Gasteiger partial charge in [-0.1, -0.05) is 33.6 Å². The second-order valence-corrected chi connectivity index (χ2v) is 6.73. The summed E-state index contributed by atoms with van der Waals surface area (Å²) in [5.74, 6) is 0.881. The maximum atomic E-state index is 6.47. The Balaban J connectivity index is 2.19. The summed E-state index contributed by atoms with van der Waals surface area (Å²) in [4.78, 5) is 6.37. The molecule has 18 heavy (non-hydrogen) atoms. The van der Waals surface area contributed by atoms with Crippen molar-refractivity contribution in [2.24, 2.45) is 11.7 Å². The van der Waals surface area contributed by atoms with Crippen LogP contribution < -0.4 is 5.73 Å². The average Bonchev–Trinajstić information content (AvgIpc) is 2.82. The van der Waals surface area contributed by atoms with E-state index in [2.05, 4.69) is 20.8 Å². The second kappa shape index (κ2) is 5.70. The molecule has 2 rings (SSSR count). The molecule has 0 bridgehead atoms. The van der Waals surface area contributed by atoms with Crippen LogP contribution in [0.15, 0.2) is 0 Å². The molecule has 3 heteroatoms. The van der Waals surface area contributed by atoms with Crippen LogP contribution in [0.5, 0.6) is 0 Å². The monoisotopic (exact) mass is 266 g/mol. The molecule has 0 saturated carbocycles. The van der Waals surface area contributed by atoms with Crippen molar-refractivity contribution >= 4 is 11.3 Å². The number of fused-ring (bicyclic) bond motifs is 1. The molecule has 1 aliphatic carbocycles. The number of nitrogens with zero attached hydrogens (tertiary/aromatic N) is 1. The van der Waals surface area contributed by atoms with E-state index in [1.165, 1.54) is 47.7 Å². The highest BCUT2D eigenvalue weighted by Gasteiger charge is 2.30. The minimum atomic E-state index is -0.192. The molecule has 0 saturated heterocycles. The summed E-state index contributed by atoms with van der Waals surface area (Å²) in [6.07, 6.45) is 8.35. The molecular formula is C15H26N2S. The van der Waals surface area contributed by atoms with E-state index < -0.39 is 0 Å². The molecule has 1 unspecified atom stereocenters. The molecule has 0 aromatic carbocycles. The van der Waals surface area contributed by atoms with E-state index in [1.54, 1.807) is 0 Å². The van der Waals surface area contributed by atoms with Crippen LogP contribution in [0.2, 0.25) is 0 Å². The van der Waals surface area contributed by atoms with Gasteiger partial charge in [-0.2, -0.15) is 0 Å². The number of rotatable bonds is 5. The zero-order valence-electron chi connectivity index (χ0n) is 12.0. The van der Waals surface area contributed by atoms with Crippen molar-refractivity contribution < 1.29 is 0 Å². The van der Waals surface area contributed by atoms with Gasteiger partial charge in [-0.15, -0.1) is 11.3 Å². The molecule has 0 fully saturated rings. The number of nitrogens with two attached hydrogens (primary N) is 1. The van der Waals surface area contributed by atoms with Crippen LogP contribution in [-0.2, 0) is 18.4 Å². The molecule has 2 nitrogen and oxygen atoms in total. The van der Waals surface area contributed by atoms with Crippen molar-refractivity contribution in [1.29, 1.82) is 0 Å². The predicted octanol–water partition coefficient (Wildman–Crippen LogP) is 4.02. The zero-order valence-corrected chi connectivity index (χ0v) is 12.8. The van der Waals surface area contributed by atoms with Gasteiger partial charge >= 0.3 is 0 Å². The van der Waals surface area contributed by atoms with Crippen molar-refractivity contribution in [3.8, 4) is 0 Å². The summed E-state index contributed by atoms with van der Waals surface area (Å²) in [6.45, 7) is 6.63. The van der Waals surface area contributed by atoms with Gasteiger partial charge in [-0.25, -0.2) is 4.98 Å². The molecule has 2 N–H and O–H groups in total. The van der Waals surface area contributed by atoms with E-state index in [9.17, 15) is 0 Å². The minimum absolute atomic E-state index is 0.192. The topological polar surface area (TPSA) is 38.9 Å². The minimum Gasteiger partial charge on any atom is -0.319 e. The zero-order chi connectivity index (χ0) is 13.2. The fourth-order valence-corrected chi connectivity index (χ4v) is 4.33. The normalized spacial score (nSPS) is 19.9. The summed E-state index contributed by atoms with van der Waals surface area (Å²) >= 11 is 1.88. The third kappa shape index (κ3) is 2.62. The molecule has 102 valence electrons. The molecule has 0 amide bonds. The van der Waals surface area contributed by atoms with Gasteiger partial charge in [0.05, 0.1) is 11.2 Å². The predicted molar refractivity (Wildman–Crippen MR) is 79.0 cm³/mol. The summed E-state index contributed by atoms with van der Waals surface area (Å²) in [6, 6.07) is 0. The average molecular weight is 266 g/mol. The van der Waals surface area contributed by atoms with E-state index >= 15 is 0 Å². The molecule has 0 spiro atoms. The summed E-state index contributed by atoms with van der Waals surface area (Å²) < 4.78 is 0. The van der Waals surface area contributed by atoms with Crippen molar-refractivity contribution in [1.82, 2.24) is 4.98 Å². The van der Waals surface area contributed by atoms with Crippen LogP contribution >= 0.6 is 11.3 Å². The van der Waals surface area contributed by atoms with Crippen molar-refractivity contribution in [3.05, 3.63) is 15.6 Å². The smallest absolute Gasteiger partial charge is 0.113 e. The molecule has 0 radical (unpaired) electrons. The maximum absolute atomic E-state index is 6.47. The summed E-state index contributed by atoms with van der Waals surface area (Å²) in [5, 5.41) is 1.18. The SMILES string of the molecule is CCCC1CCc2nc(C(N)(CC)CC)sc2C1. The summed E-state index contributed by atoms with van der Waals surface area (Å²) in [7, 11) is 0. The summed E-state index contributed by atoms with van der Waals surface area (Å²) in [5.41, 5.74) is 7.63. The molecular weight excluding hydrogens is 240 g/mol. The van der Waals surface area contributed by atoms with Crippen molar-refractivity contribution in [3.63, 3.8) is 0 Å². The highest BCUT2D eigenvalue weighted by Crippen LogP contribution is 2.37. The Bertz CT molecular complexity index is 393. The lowest BCUT2D eigenvalue weighted by Crippen LogP contribution is -2.34. The number of aromatic nitrogens is 1. The third-order valence-electron chi connectivity index (χ3n) is 4.43. The number of hydrogen-bond acceptors (Lipinski definition) is 3. The van der Waals surface area contributed by atoms with Crippen molar-refractivity contribution in [2.45, 2.75) is 71.3 Å². The Hall–Kier alpha value is -0.410. The quantitative estimate of drug-likeness (QED) is 0.874. The van der Waals surface area contributed by atoms with Crippen LogP contribution in [0.4, 0.5) is 0 Å². The Morgan fingerprint density at radius 1 is 1.33 bits per heavy atom. The van der Waals surface area contributed by atoms with Gasteiger partial charge in [0, 0.05) is 4.88 Å². The number of aryl methyl sites for hydroxylation is 1. The molecule has 1 aromatic rings. The Kier molecular flexibility index (Phi) is 4.44. The molecule has 1 heterocycles. The lowest BCUT2D eigenvalue weighted by atomic mass is 9.88. The van der Waals surface area contributed by atoms with Gasteiger partial charge in [0.15, 0.2) is 0 Å². The van der Waals surface area contributed by atoms with E-state index in [-0.39, 0.29) is 5.54 Å². The van der Waals surface area contributed by atoms with Crippen LogP contribution in [-0.4, -0.2) is 4.98 Å². The second-order valence-electron chi connectivity index (χ2n) is 5.65. The highest BCUT2D eigenvalue weighted by molar-refractivity contribution is 7.11. The fourth-order valence-electron chi connectivity index (χ4n) is 2.86. The molecule has 1 aromatic heterocycles. The first-order chi connectivity index (χ1) is 8.62. The molecule has 0 aliphatic heterocycles. The lowest BCUT2D eigenvalue weighted by molar-refractivity contribution is 0.405. The van der Waals surface area contributed by atoms with Crippen LogP contribution in [0.25, 0.3) is 0 Å².